The summed E-state index contributed by atoms with van der Waals surface area (Å²) in [5.74, 6) is 1.54. The highest BCUT2D eigenvalue weighted by molar-refractivity contribution is 5.85. The summed E-state index contributed by atoms with van der Waals surface area (Å²) in [6.45, 7) is 2.20. The topological polar surface area (TPSA) is 82.8 Å². The number of methoxy groups -OCH3 is 2. The molecule has 1 heterocycles. The maximum Gasteiger partial charge on any atom is 0.227 e. The van der Waals surface area contributed by atoms with E-state index in [0.717, 1.165) is 24.3 Å². The summed E-state index contributed by atoms with van der Waals surface area (Å²) >= 11 is 0. The summed E-state index contributed by atoms with van der Waals surface area (Å²) in [7, 11) is 3.31. The Morgan fingerprint density at radius 1 is 1.07 bits per heavy atom. The molecular formula is C22H35ClN2O4. The van der Waals surface area contributed by atoms with Gasteiger partial charge in [0.25, 0.3) is 0 Å². The number of halogens is 1. The molecular weight excluding hydrogens is 392 g/mol. The Balaban J connectivity index is 0.00000300. The third-order valence-corrected chi connectivity index (χ3v) is 6.72. The van der Waals surface area contributed by atoms with E-state index in [4.69, 9.17) is 19.9 Å². The minimum atomic E-state index is -0.494. The van der Waals surface area contributed by atoms with E-state index in [1.807, 2.05) is 6.07 Å². The van der Waals surface area contributed by atoms with Gasteiger partial charge in [0.2, 0.25) is 5.91 Å². The fourth-order valence-corrected chi connectivity index (χ4v) is 4.69. The van der Waals surface area contributed by atoms with Crippen LogP contribution in [0.2, 0.25) is 0 Å². The van der Waals surface area contributed by atoms with E-state index in [2.05, 4.69) is 17.4 Å². The minimum absolute atomic E-state index is 0. The number of nitrogens with one attached hydrogen (secondary N) is 1. The molecule has 0 bridgehead atoms. The van der Waals surface area contributed by atoms with Crippen LogP contribution in [0.5, 0.6) is 11.5 Å². The molecule has 2 fully saturated rings. The Bertz CT molecular complexity index is 671. The first-order valence-corrected chi connectivity index (χ1v) is 10.4. The highest BCUT2D eigenvalue weighted by atomic mass is 35.5. The number of rotatable bonds is 7. The van der Waals surface area contributed by atoms with Gasteiger partial charge in [-0.2, -0.15) is 0 Å². The molecule has 1 saturated carbocycles. The number of carbonyl (C=O) groups excluding carboxylic acids is 1. The van der Waals surface area contributed by atoms with Crippen LogP contribution in [0.25, 0.3) is 0 Å². The van der Waals surface area contributed by atoms with Crippen molar-refractivity contribution in [2.45, 2.75) is 50.4 Å². The number of amides is 1. The molecule has 7 heteroatoms. The number of carbonyl (C=O) groups is 1. The number of ether oxygens (including phenoxy) is 3. The molecule has 0 aromatic heterocycles. The summed E-state index contributed by atoms with van der Waals surface area (Å²) in [5.41, 5.74) is 6.65. The van der Waals surface area contributed by atoms with E-state index >= 15 is 0 Å². The summed E-state index contributed by atoms with van der Waals surface area (Å²) < 4.78 is 16.4. The van der Waals surface area contributed by atoms with Crippen LogP contribution in [-0.2, 0) is 14.9 Å². The van der Waals surface area contributed by atoms with Crippen LogP contribution < -0.4 is 20.5 Å². The molecule has 0 atom stereocenters. The van der Waals surface area contributed by atoms with Gasteiger partial charge in [0.05, 0.1) is 19.6 Å². The van der Waals surface area contributed by atoms with Crippen molar-refractivity contribution in [3.05, 3.63) is 23.8 Å². The number of hydrogen-bond acceptors (Lipinski definition) is 5. The van der Waals surface area contributed by atoms with E-state index in [0.29, 0.717) is 39.1 Å². The molecule has 29 heavy (non-hydrogen) atoms. The zero-order valence-electron chi connectivity index (χ0n) is 17.6. The first kappa shape index (κ1) is 23.8. The van der Waals surface area contributed by atoms with Gasteiger partial charge in [-0.1, -0.05) is 25.3 Å². The lowest BCUT2D eigenvalue weighted by Crippen LogP contribution is -2.52. The van der Waals surface area contributed by atoms with Gasteiger partial charge in [0.15, 0.2) is 11.5 Å². The monoisotopic (exact) mass is 426 g/mol. The van der Waals surface area contributed by atoms with Crippen LogP contribution in [0.3, 0.4) is 0 Å². The molecule has 164 valence electrons. The Morgan fingerprint density at radius 2 is 1.72 bits per heavy atom. The lowest BCUT2D eigenvalue weighted by atomic mass is 9.69. The van der Waals surface area contributed by atoms with Crippen LogP contribution in [0, 0.1) is 5.41 Å². The van der Waals surface area contributed by atoms with E-state index in [1.165, 1.54) is 24.8 Å². The second-order valence-corrected chi connectivity index (χ2v) is 8.19. The zero-order valence-corrected chi connectivity index (χ0v) is 18.4. The smallest absolute Gasteiger partial charge is 0.227 e. The van der Waals surface area contributed by atoms with Crippen LogP contribution in [0.4, 0.5) is 0 Å². The van der Waals surface area contributed by atoms with E-state index in [9.17, 15) is 4.79 Å². The quantitative estimate of drug-likeness (QED) is 0.699. The molecule has 0 unspecified atom stereocenters. The molecule has 1 amide bonds. The molecule has 0 radical (unpaired) electrons. The SMILES string of the molecule is COc1ccc(C2(CNC(=O)C3(CN)CCOCC3)CCCCC2)cc1OC.Cl. The van der Waals surface area contributed by atoms with Gasteiger partial charge in [0, 0.05) is 31.7 Å². The van der Waals surface area contributed by atoms with Gasteiger partial charge >= 0.3 is 0 Å². The third-order valence-electron chi connectivity index (χ3n) is 6.72. The van der Waals surface area contributed by atoms with Gasteiger partial charge in [-0.3, -0.25) is 4.79 Å². The molecule has 1 saturated heterocycles. The largest absolute Gasteiger partial charge is 0.493 e. The summed E-state index contributed by atoms with van der Waals surface area (Å²) in [4.78, 5) is 13.1. The first-order valence-electron chi connectivity index (χ1n) is 10.4. The zero-order chi connectivity index (χ0) is 20.0. The lowest BCUT2D eigenvalue weighted by Gasteiger charge is -2.40. The van der Waals surface area contributed by atoms with E-state index in [-0.39, 0.29) is 23.7 Å². The van der Waals surface area contributed by atoms with Crippen molar-refractivity contribution < 1.29 is 19.0 Å². The first-order chi connectivity index (χ1) is 13.6. The molecule has 2 aliphatic rings. The predicted octanol–water partition coefficient (Wildman–Crippen LogP) is 3.20. The van der Waals surface area contributed by atoms with Crippen LogP contribution in [0.1, 0.15) is 50.5 Å². The molecule has 1 aromatic rings. The van der Waals surface area contributed by atoms with Gasteiger partial charge in [-0.25, -0.2) is 0 Å². The molecule has 1 aliphatic carbocycles. The van der Waals surface area contributed by atoms with Crippen LogP contribution in [-0.4, -0.2) is 46.4 Å². The predicted molar refractivity (Wildman–Crippen MR) is 116 cm³/mol. The van der Waals surface area contributed by atoms with Crippen molar-refractivity contribution in [1.29, 1.82) is 0 Å². The van der Waals surface area contributed by atoms with Crippen molar-refractivity contribution >= 4 is 18.3 Å². The third kappa shape index (κ3) is 4.98. The Kier molecular flexibility index (Phi) is 8.61. The molecule has 6 nitrogen and oxygen atoms in total. The summed E-state index contributed by atoms with van der Waals surface area (Å²) in [6.07, 6.45) is 7.08. The molecule has 1 aromatic carbocycles. The maximum atomic E-state index is 13.1. The van der Waals surface area contributed by atoms with Crippen LogP contribution in [0.15, 0.2) is 18.2 Å². The number of hydrogen-bond donors (Lipinski definition) is 2. The minimum Gasteiger partial charge on any atom is -0.493 e. The Hall–Kier alpha value is -1.50. The molecule has 3 N–H and O–H groups in total. The van der Waals surface area contributed by atoms with Crippen molar-refractivity contribution in [2.75, 3.05) is 40.5 Å². The lowest BCUT2D eigenvalue weighted by molar-refractivity contribution is -0.136. The summed E-state index contributed by atoms with van der Waals surface area (Å²) in [5, 5.41) is 3.27. The molecule has 3 rings (SSSR count). The van der Waals surface area contributed by atoms with Gasteiger partial charge in [0.1, 0.15) is 0 Å². The Labute approximate surface area is 180 Å². The standard InChI is InChI=1S/C22H34N2O4.ClH/c1-26-18-7-6-17(14-19(18)27-2)22(8-4-3-5-9-22)16-24-20(25)21(15-23)10-12-28-13-11-21;/h6-7,14H,3-5,8-13,15-16,23H2,1-2H3,(H,24,25);1H. The van der Waals surface area contributed by atoms with E-state index < -0.39 is 5.41 Å². The second kappa shape index (κ2) is 10.5. The van der Waals surface area contributed by atoms with E-state index in [1.54, 1.807) is 14.2 Å². The van der Waals surface area contributed by atoms with Crippen molar-refractivity contribution in [3.63, 3.8) is 0 Å². The van der Waals surface area contributed by atoms with Crippen LogP contribution >= 0.6 is 12.4 Å². The van der Waals surface area contributed by atoms with Gasteiger partial charge in [-0.15, -0.1) is 12.4 Å². The molecule has 0 spiro atoms. The number of nitrogens with two attached hydrogens (primary N) is 1. The number of benzene rings is 1. The average molecular weight is 427 g/mol. The second-order valence-electron chi connectivity index (χ2n) is 8.19. The summed E-state index contributed by atoms with van der Waals surface area (Å²) in [6, 6.07) is 6.15. The van der Waals surface area contributed by atoms with Crippen molar-refractivity contribution in [1.82, 2.24) is 5.32 Å². The average Bonchev–Trinajstić information content (AvgIpc) is 2.78. The van der Waals surface area contributed by atoms with Gasteiger partial charge < -0.3 is 25.3 Å². The highest BCUT2D eigenvalue weighted by Gasteiger charge is 2.41. The molecule has 1 aliphatic heterocycles. The fourth-order valence-electron chi connectivity index (χ4n) is 4.69. The highest BCUT2D eigenvalue weighted by Crippen LogP contribution is 2.42. The maximum absolute atomic E-state index is 13.1. The Morgan fingerprint density at radius 3 is 2.31 bits per heavy atom. The fraction of sp³-hybridized carbons (Fsp3) is 0.682. The normalized spacial score (nSPS) is 20.2. The van der Waals surface area contributed by atoms with Gasteiger partial charge in [-0.05, 0) is 43.4 Å². The van der Waals surface area contributed by atoms with Crippen molar-refractivity contribution in [2.24, 2.45) is 11.1 Å². The van der Waals surface area contributed by atoms with Crippen molar-refractivity contribution in [3.8, 4) is 11.5 Å².